The zero-order valence-electron chi connectivity index (χ0n) is 6.69. The lowest BCUT2D eigenvalue weighted by atomic mass is 10.2. The SMILES string of the molecule is C=C.CC=CCCCC. The van der Waals surface area contributed by atoms with Crippen LogP contribution in [0, 0.1) is 0 Å². The van der Waals surface area contributed by atoms with Gasteiger partial charge < -0.3 is 0 Å². The van der Waals surface area contributed by atoms with E-state index < -0.39 is 0 Å². The highest BCUT2D eigenvalue weighted by molar-refractivity contribution is 4.75. The van der Waals surface area contributed by atoms with Crippen LogP contribution in [0.3, 0.4) is 0 Å². The Morgan fingerprint density at radius 3 is 2.22 bits per heavy atom. The Labute approximate surface area is 59.3 Å². The van der Waals surface area contributed by atoms with E-state index in [1.54, 1.807) is 0 Å². The van der Waals surface area contributed by atoms with Crippen LogP contribution in [0.4, 0.5) is 0 Å². The molecule has 0 aliphatic carbocycles. The van der Waals surface area contributed by atoms with E-state index >= 15 is 0 Å². The molecule has 0 radical (unpaired) electrons. The number of unbranched alkanes of at least 4 members (excludes halogenated alkanes) is 2. The maximum Gasteiger partial charge on any atom is -0.0351 e. The van der Waals surface area contributed by atoms with Gasteiger partial charge >= 0.3 is 0 Å². The van der Waals surface area contributed by atoms with E-state index in [4.69, 9.17) is 0 Å². The first-order valence-corrected chi connectivity index (χ1v) is 3.53. The summed E-state index contributed by atoms with van der Waals surface area (Å²) in [6, 6.07) is 0. The van der Waals surface area contributed by atoms with Gasteiger partial charge in [-0.1, -0.05) is 31.9 Å². The molecule has 9 heavy (non-hydrogen) atoms. The Balaban J connectivity index is 0. The summed E-state index contributed by atoms with van der Waals surface area (Å²) in [7, 11) is 0. The maximum atomic E-state index is 3.00. The monoisotopic (exact) mass is 126 g/mol. The second kappa shape index (κ2) is 15.6. The predicted molar refractivity (Wildman–Crippen MR) is 45.6 cm³/mol. The van der Waals surface area contributed by atoms with Crippen LogP contribution in [0.15, 0.2) is 25.3 Å². The summed E-state index contributed by atoms with van der Waals surface area (Å²) in [5, 5.41) is 0. The van der Waals surface area contributed by atoms with Gasteiger partial charge in [-0.15, -0.1) is 13.2 Å². The minimum atomic E-state index is 1.26. The first-order chi connectivity index (χ1) is 4.41. The summed E-state index contributed by atoms with van der Waals surface area (Å²) >= 11 is 0. The highest BCUT2D eigenvalue weighted by atomic mass is 13.8. The van der Waals surface area contributed by atoms with Crippen molar-refractivity contribution >= 4 is 0 Å². The van der Waals surface area contributed by atoms with Gasteiger partial charge in [-0.25, -0.2) is 0 Å². The minimum Gasteiger partial charge on any atom is -0.106 e. The Hall–Kier alpha value is -0.520. The third-order valence-electron chi connectivity index (χ3n) is 0.960. The third-order valence-corrected chi connectivity index (χ3v) is 0.960. The third kappa shape index (κ3) is 18.5. The molecule has 0 heterocycles. The van der Waals surface area contributed by atoms with Crippen LogP contribution >= 0.6 is 0 Å². The van der Waals surface area contributed by atoms with Crippen molar-refractivity contribution in [3.63, 3.8) is 0 Å². The maximum absolute atomic E-state index is 3.00. The Morgan fingerprint density at radius 2 is 1.89 bits per heavy atom. The molecule has 0 amide bonds. The van der Waals surface area contributed by atoms with E-state index in [9.17, 15) is 0 Å². The molecule has 0 N–H and O–H groups in total. The van der Waals surface area contributed by atoms with Gasteiger partial charge in [0.25, 0.3) is 0 Å². The molecule has 0 fully saturated rings. The fourth-order valence-electron chi connectivity index (χ4n) is 0.489. The standard InChI is InChI=1S/C7H14.C2H4/c1-3-5-7-6-4-2;1-2/h3,5H,4,6-7H2,1-2H3;1-2H2. The van der Waals surface area contributed by atoms with Crippen LogP contribution in [-0.2, 0) is 0 Å². The molecule has 0 unspecified atom stereocenters. The summed E-state index contributed by atoms with van der Waals surface area (Å²) in [5.41, 5.74) is 0. The Morgan fingerprint density at radius 1 is 1.33 bits per heavy atom. The van der Waals surface area contributed by atoms with Gasteiger partial charge in [0.15, 0.2) is 0 Å². The highest BCUT2D eigenvalue weighted by Crippen LogP contribution is 1.93. The molecule has 0 spiro atoms. The Kier molecular flexibility index (Phi) is 19.6. The van der Waals surface area contributed by atoms with E-state index in [0.717, 1.165) is 0 Å². The van der Waals surface area contributed by atoms with Crippen molar-refractivity contribution in [2.24, 2.45) is 0 Å². The number of allylic oxidation sites excluding steroid dienone is 2. The smallest absolute Gasteiger partial charge is 0.0351 e. The van der Waals surface area contributed by atoms with E-state index in [1.807, 2.05) is 0 Å². The van der Waals surface area contributed by atoms with E-state index in [1.165, 1.54) is 19.3 Å². The van der Waals surface area contributed by atoms with Gasteiger partial charge in [0.2, 0.25) is 0 Å². The largest absolute Gasteiger partial charge is 0.106 e. The normalized spacial score (nSPS) is 8.67. The van der Waals surface area contributed by atoms with E-state index in [2.05, 4.69) is 39.2 Å². The lowest BCUT2D eigenvalue weighted by Crippen LogP contribution is -1.63. The van der Waals surface area contributed by atoms with Crippen molar-refractivity contribution in [1.82, 2.24) is 0 Å². The molecule has 0 aromatic heterocycles. The van der Waals surface area contributed by atoms with Crippen LogP contribution in [-0.4, -0.2) is 0 Å². The Bertz CT molecular complexity index is 53.1. The summed E-state index contributed by atoms with van der Waals surface area (Å²) in [6.45, 7) is 10.3. The average Bonchev–Trinajstić information content (AvgIpc) is 1.94. The molecular formula is C9H18. The first kappa shape index (κ1) is 11.3. The molecule has 0 aliphatic heterocycles. The lowest BCUT2D eigenvalue weighted by molar-refractivity contribution is 0.814. The number of hydrogen-bond donors (Lipinski definition) is 0. The number of hydrogen-bond acceptors (Lipinski definition) is 0. The van der Waals surface area contributed by atoms with E-state index in [-0.39, 0.29) is 0 Å². The second-order valence-electron chi connectivity index (χ2n) is 1.71. The molecule has 0 nitrogen and oxygen atoms in total. The summed E-state index contributed by atoms with van der Waals surface area (Å²) < 4.78 is 0. The molecular weight excluding hydrogens is 108 g/mol. The molecule has 0 aliphatic rings. The highest BCUT2D eigenvalue weighted by Gasteiger charge is 1.73. The molecule has 0 atom stereocenters. The topological polar surface area (TPSA) is 0 Å². The molecule has 0 aromatic carbocycles. The van der Waals surface area contributed by atoms with Gasteiger partial charge in [0.1, 0.15) is 0 Å². The van der Waals surface area contributed by atoms with Crippen LogP contribution in [0.2, 0.25) is 0 Å². The van der Waals surface area contributed by atoms with Crippen molar-refractivity contribution in [1.29, 1.82) is 0 Å². The minimum absolute atomic E-state index is 1.26. The fraction of sp³-hybridized carbons (Fsp3) is 0.556. The number of rotatable bonds is 3. The van der Waals surface area contributed by atoms with Crippen molar-refractivity contribution in [3.05, 3.63) is 25.3 Å². The van der Waals surface area contributed by atoms with E-state index in [0.29, 0.717) is 0 Å². The molecule has 0 heteroatoms. The average molecular weight is 126 g/mol. The van der Waals surface area contributed by atoms with Crippen molar-refractivity contribution in [2.75, 3.05) is 0 Å². The van der Waals surface area contributed by atoms with Gasteiger partial charge in [-0.2, -0.15) is 0 Å². The molecule has 0 rings (SSSR count). The van der Waals surface area contributed by atoms with Crippen molar-refractivity contribution in [2.45, 2.75) is 33.1 Å². The fourth-order valence-corrected chi connectivity index (χ4v) is 0.489. The van der Waals surface area contributed by atoms with Crippen molar-refractivity contribution in [3.8, 4) is 0 Å². The van der Waals surface area contributed by atoms with Crippen LogP contribution in [0.5, 0.6) is 0 Å². The van der Waals surface area contributed by atoms with Gasteiger partial charge in [0, 0.05) is 0 Å². The predicted octanol–water partition coefficient (Wildman–Crippen LogP) is 3.55. The van der Waals surface area contributed by atoms with Crippen LogP contribution in [0.1, 0.15) is 33.1 Å². The summed E-state index contributed by atoms with van der Waals surface area (Å²) in [6.07, 6.45) is 8.22. The first-order valence-electron chi connectivity index (χ1n) is 3.53. The van der Waals surface area contributed by atoms with Crippen molar-refractivity contribution < 1.29 is 0 Å². The van der Waals surface area contributed by atoms with Gasteiger partial charge in [-0.05, 0) is 13.3 Å². The molecule has 0 saturated heterocycles. The molecule has 0 bridgehead atoms. The zero-order chi connectivity index (χ0) is 7.54. The molecule has 0 aromatic rings. The van der Waals surface area contributed by atoms with Gasteiger partial charge in [0.05, 0.1) is 0 Å². The van der Waals surface area contributed by atoms with Crippen LogP contribution in [0.25, 0.3) is 0 Å². The summed E-state index contributed by atoms with van der Waals surface area (Å²) in [4.78, 5) is 0. The quantitative estimate of drug-likeness (QED) is 0.400. The summed E-state index contributed by atoms with van der Waals surface area (Å²) in [5.74, 6) is 0. The molecule has 0 saturated carbocycles. The molecule has 54 valence electrons. The lowest BCUT2D eigenvalue weighted by Gasteiger charge is -1.83. The zero-order valence-corrected chi connectivity index (χ0v) is 6.69. The van der Waals surface area contributed by atoms with Crippen LogP contribution < -0.4 is 0 Å². The second-order valence-corrected chi connectivity index (χ2v) is 1.71. The van der Waals surface area contributed by atoms with Gasteiger partial charge in [-0.3, -0.25) is 0 Å².